The van der Waals surface area contributed by atoms with Gasteiger partial charge in [-0.1, -0.05) is 24.3 Å². The molecule has 1 aliphatic carbocycles. The second kappa shape index (κ2) is 3.27. The van der Waals surface area contributed by atoms with Gasteiger partial charge in [-0.3, -0.25) is 4.79 Å². The number of carbonyl (C=O) groups is 1. The van der Waals surface area contributed by atoms with Crippen LogP contribution >= 0.6 is 0 Å². The van der Waals surface area contributed by atoms with Gasteiger partial charge in [-0.2, -0.15) is 0 Å². The van der Waals surface area contributed by atoms with Crippen molar-refractivity contribution in [3.63, 3.8) is 0 Å². The third kappa shape index (κ3) is 1.38. The average molecular weight is 171 g/mol. The summed E-state index contributed by atoms with van der Waals surface area (Å²) in [6, 6.07) is 0. The van der Waals surface area contributed by atoms with Crippen LogP contribution in [0.4, 0.5) is 0 Å². The van der Waals surface area contributed by atoms with Crippen LogP contribution in [0.2, 0.25) is 0 Å². The van der Waals surface area contributed by atoms with Crippen molar-refractivity contribution in [3.05, 3.63) is 59.5 Å². The number of allylic oxidation sites excluding steroid dienone is 8. The van der Waals surface area contributed by atoms with Crippen LogP contribution in [0.25, 0.3) is 0 Å². The van der Waals surface area contributed by atoms with Crippen LogP contribution in [0, 0.1) is 0 Å². The lowest BCUT2D eigenvalue weighted by atomic mass is 10.0. The molecular weight excluding hydrogens is 162 g/mol. The van der Waals surface area contributed by atoms with Crippen LogP contribution in [0.3, 0.4) is 0 Å². The molecule has 0 spiro atoms. The lowest BCUT2D eigenvalue weighted by Crippen LogP contribution is -2.03. The van der Waals surface area contributed by atoms with E-state index in [1.165, 1.54) is 0 Å². The highest BCUT2D eigenvalue weighted by Gasteiger charge is 2.08. The fourth-order valence-electron chi connectivity index (χ4n) is 1.36. The molecular formula is C11H9NO. The molecule has 0 radical (unpaired) electrons. The number of hydrogen-bond acceptors (Lipinski definition) is 2. The second-order valence-electron chi connectivity index (χ2n) is 2.80. The van der Waals surface area contributed by atoms with Gasteiger partial charge in [-0.25, -0.2) is 0 Å². The molecule has 0 aromatic heterocycles. The molecule has 13 heavy (non-hydrogen) atoms. The maximum absolute atomic E-state index is 10.7. The maximum atomic E-state index is 10.7. The lowest BCUT2D eigenvalue weighted by Gasteiger charge is -2.09. The molecule has 0 aromatic carbocycles. The number of carbonyl (C=O) groups excluding carboxylic acids is 1. The molecule has 0 amide bonds. The molecule has 2 nitrogen and oxygen atoms in total. The minimum atomic E-state index is 0.717. The van der Waals surface area contributed by atoms with Crippen LogP contribution in [0.5, 0.6) is 0 Å². The SMILES string of the molecule is O=CC1=C2C=CNC=C2C=CC=C1. The van der Waals surface area contributed by atoms with Crippen molar-refractivity contribution in [2.24, 2.45) is 0 Å². The number of hydrogen-bond donors (Lipinski definition) is 1. The van der Waals surface area contributed by atoms with Gasteiger partial charge in [0.1, 0.15) is 0 Å². The Morgan fingerprint density at radius 3 is 2.85 bits per heavy atom. The number of aldehydes is 1. The van der Waals surface area contributed by atoms with Crippen molar-refractivity contribution >= 4 is 6.29 Å². The second-order valence-corrected chi connectivity index (χ2v) is 2.80. The van der Waals surface area contributed by atoms with Crippen LogP contribution in [-0.4, -0.2) is 6.29 Å². The van der Waals surface area contributed by atoms with E-state index in [0.717, 1.165) is 17.4 Å². The van der Waals surface area contributed by atoms with Crippen LogP contribution < -0.4 is 5.32 Å². The quantitative estimate of drug-likeness (QED) is 0.607. The Balaban J connectivity index is 2.56. The van der Waals surface area contributed by atoms with Gasteiger partial charge in [-0.05, 0) is 17.2 Å². The molecule has 0 fully saturated rings. The summed E-state index contributed by atoms with van der Waals surface area (Å²) >= 11 is 0. The highest BCUT2D eigenvalue weighted by atomic mass is 16.1. The minimum absolute atomic E-state index is 0.717. The Hall–Kier alpha value is -1.83. The molecule has 1 heterocycles. The molecule has 1 aliphatic heterocycles. The standard InChI is InChI=1S/C11H9NO/c13-8-10-4-2-1-3-9-7-12-6-5-11(9)10/h1-8,12H. The number of dihydropyridines is 1. The number of nitrogens with one attached hydrogen (secondary N) is 1. The first-order valence-corrected chi connectivity index (χ1v) is 4.09. The zero-order valence-corrected chi connectivity index (χ0v) is 7.03. The largest absolute Gasteiger partial charge is 0.367 e. The van der Waals surface area contributed by atoms with Gasteiger partial charge in [0, 0.05) is 18.0 Å². The van der Waals surface area contributed by atoms with Gasteiger partial charge < -0.3 is 5.32 Å². The van der Waals surface area contributed by atoms with Gasteiger partial charge >= 0.3 is 0 Å². The summed E-state index contributed by atoms with van der Waals surface area (Å²) in [5.74, 6) is 0. The van der Waals surface area contributed by atoms with Crippen molar-refractivity contribution in [2.45, 2.75) is 0 Å². The van der Waals surface area contributed by atoms with E-state index in [1.807, 2.05) is 42.8 Å². The average Bonchev–Trinajstić information content (AvgIpc) is 2.39. The molecule has 2 aliphatic rings. The van der Waals surface area contributed by atoms with E-state index in [1.54, 1.807) is 0 Å². The van der Waals surface area contributed by atoms with E-state index in [0.29, 0.717) is 5.57 Å². The summed E-state index contributed by atoms with van der Waals surface area (Å²) in [4.78, 5) is 10.7. The molecule has 1 N–H and O–H groups in total. The molecule has 0 saturated heterocycles. The van der Waals surface area contributed by atoms with E-state index in [2.05, 4.69) is 5.32 Å². The fraction of sp³-hybridized carbons (Fsp3) is 0. The summed E-state index contributed by atoms with van der Waals surface area (Å²) in [5.41, 5.74) is 2.72. The number of fused-ring (bicyclic) bond motifs is 1. The molecule has 0 saturated carbocycles. The number of rotatable bonds is 1. The lowest BCUT2D eigenvalue weighted by molar-refractivity contribution is -0.104. The highest BCUT2D eigenvalue weighted by Crippen LogP contribution is 2.21. The van der Waals surface area contributed by atoms with Crippen LogP contribution in [0.1, 0.15) is 0 Å². The van der Waals surface area contributed by atoms with Crippen molar-refractivity contribution in [1.29, 1.82) is 0 Å². The third-order valence-electron chi connectivity index (χ3n) is 2.00. The van der Waals surface area contributed by atoms with Crippen molar-refractivity contribution in [1.82, 2.24) is 5.32 Å². The first-order chi connectivity index (χ1) is 6.42. The molecule has 0 aromatic rings. The summed E-state index contributed by atoms with van der Waals surface area (Å²) in [5, 5.41) is 2.98. The van der Waals surface area contributed by atoms with Gasteiger partial charge in [-0.15, -0.1) is 0 Å². The zero-order valence-electron chi connectivity index (χ0n) is 7.03. The third-order valence-corrected chi connectivity index (χ3v) is 2.00. The van der Waals surface area contributed by atoms with E-state index in [-0.39, 0.29) is 0 Å². The smallest absolute Gasteiger partial charge is 0.150 e. The molecule has 0 atom stereocenters. The highest BCUT2D eigenvalue weighted by molar-refractivity contribution is 5.83. The van der Waals surface area contributed by atoms with Gasteiger partial charge in [0.05, 0.1) is 0 Å². The predicted molar refractivity (Wildman–Crippen MR) is 51.7 cm³/mol. The van der Waals surface area contributed by atoms with Crippen molar-refractivity contribution < 1.29 is 4.79 Å². The predicted octanol–water partition coefficient (Wildman–Crippen LogP) is 1.61. The molecule has 2 rings (SSSR count). The van der Waals surface area contributed by atoms with Gasteiger partial charge in [0.25, 0.3) is 0 Å². The van der Waals surface area contributed by atoms with Crippen LogP contribution in [0.15, 0.2) is 59.5 Å². The maximum Gasteiger partial charge on any atom is 0.150 e. The normalized spacial score (nSPS) is 18.9. The Morgan fingerprint density at radius 2 is 2.00 bits per heavy atom. The zero-order chi connectivity index (χ0) is 9.10. The summed E-state index contributed by atoms with van der Waals surface area (Å²) in [6.45, 7) is 0. The van der Waals surface area contributed by atoms with Crippen LogP contribution in [-0.2, 0) is 4.79 Å². The van der Waals surface area contributed by atoms with Gasteiger partial charge in [0.15, 0.2) is 6.29 Å². The van der Waals surface area contributed by atoms with E-state index in [4.69, 9.17) is 0 Å². The Bertz CT molecular complexity index is 381. The Labute approximate surface area is 76.6 Å². The summed E-state index contributed by atoms with van der Waals surface area (Å²) < 4.78 is 0. The first kappa shape index (κ1) is 7.80. The molecule has 64 valence electrons. The Kier molecular flexibility index (Phi) is 1.96. The monoisotopic (exact) mass is 171 g/mol. The van der Waals surface area contributed by atoms with E-state index >= 15 is 0 Å². The van der Waals surface area contributed by atoms with Crippen molar-refractivity contribution in [3.8, 4) is 0 Å². The van der Waals surface area contributed by atoms with E-state index in [9.17, 15) is 4.79 Å². The molecule has 2 heteroatoms. The molecule has 0 bridgehead atoms. The first-order valence-electron chi connectivity index (χ1n) is 4.09. The topological polar surface area (TPSA) is 29.1 Å². The summed E-state index contributed by atoms with van der Waals surface area (Å²) in [6.07, 6.45) is 14.0. The minimum Gasteiger partial charge on any atom is -0.367 e. The fourth-order valence-corrected chi connectivity index (χ4v) is 1.36. The van der Waals surface area contributed by atoms with Crippen molar-refractivity contribution in [2.75, 3.05) is 0 Å². The van der Waals surface area contributed by atoms with Gasteiger partial charge in [0.2, 0.25) is 0 Å². The van der Waals surface area contributed by atoms with E-state index < -0.39 is 0 Å². The molecule has 0 unspecified atom stereocenters. The Morgan fingerprint density at radius 1 is 1.15 bits per heavy atom. The summed E-state index contributed by atoms with van der Waals surface area (Å²) in [7, 11) is 0.